The molecule has 0 atom stereocenters. The fourth-order valence-electron chi connectivity index (χ4n) is 1.36. The van der Waals surface area contributed by atoms with Gasteiger partial charge in [0.25, 0.3) is 0 Å². The molecule has 0 fully saturated rings. The molecule has 82 valence electrons. The molecule has 1 aromatic heterocycles. The van der Waals surface area contributed by atoms with Crippen LogP contribution in [0.15, 0.2) is 41.0 Å². The number of hydrogen-bond donors (Lipinski definition) is 1. The van der Waals surface area contributed by atoms with E-state index in [2.05, 4.69) is 26.2 Å². The van der Waals surface area contributed by atoms with Gasteiger partial charge >= 0.3 is 0 Å². The van der Waals surface area contributed by atoms with Gasteiger partial charge in [0.05, 0.1) is 0 Å². The van der Waals surface area contributed by atoms with Gasteiger partial charge in [-0.25, -0.2) is 4.98 Å². The number of anilines is 2. The van der Waals surface area contributed by atoms with E-state index in [0.717, 1.165) is 26.6 Å². The van der Waals surface area contributed by atoms with Gasteiger partial charge in [-0.1, -0.05) is 11.6 Å². The Bertz CT molecular complexity index is 497. The highest BCUT2D eigenvalue weighted by Gasteiger charge is 2.00. The molecule has 0 spiro atoms. The summed E-state index contributed by atoms with van der Waals surface area (Å²) in [4.78, 5) is 4.25. The summed E-state index contributed by atoms with van der Waals surface area (Å²) in [6.07, 6.45) is 1.76. The standard InChI is InChI=1S/C12H10BrClN2/c1-8-6-10(14)3-4-11(8)16-12-5-2-9(13)7-15-12/h2-7H,1H3,(H,15,16). The summed E-state index contributed by atoms with van der Waals surface area (Å²) in [5.41, 5.74) is 2.11. The van der Waals surface area contributed by atoms with Crippen LogP contribution in [0.25, 0.3) is 0 Å². The number of aryl methyl sites for hydroxylation is 1. The van der Waals surface area contributed by atoms with E-state index >= 15 is 0 Å². The minimum Gasteiger partial charge on any atom is -0.340 e. The van der Waals surface area contributed by atoms with Crippen LogP contribution in [-0.2, 0) is 0 Å². The highest BCUT2D eigenvalue weighted by Crippen LogP contribution is 2.23. The zero-order valence-corrected chi connectivity index (χ0v) is 11.0. The first-order chi connectivity index (χ1) is 7.65. The number of pyridine rings is 1. The Morgan fingerprint density at radius 2 is 2.06 bits per heavy atom. The summed E-state index contributed by atoms with van der Waals surface area (Å²) in [7, 11) is 0. The third-order valence-electron chi connectivity index (χ3n) is 2.18. The van der Waals surface area contributed by atoms with Crippen molar-refractivity contribution in [3.8, 4) is 0 Å². The molecule has 1 N–H and O–H groups in total. The second kappa shape index (κ2) is 4.85. The molecule has 0 saturated carbocycles. The predicted octanol–water partition coefficient (Wildman–Crippen LogP) is 4.55. The summed E-state index contributed by atoms with van der Waals surface area (Å²) in [6, 6.07) is 9.58. The third kappa shape index (κ3) is 2.74. The fraction of sp³-hybridized carbons (Fsp3) is 0.0833. The monoisotopic (exact) mass is 296 g/mol. The lowest BCUT2D eigenvalue weighted by atomic mass is 10.2. The van der Waals surface area contributed by atoms with E-state index in [0.29, 0.717) is 0 Å². The third-order valence-corrected chi connectivity index (χ3v) is 2.88. The molecule has 0 amide bonds. The van der Waals surface area contributed by atoms with Crippen molar-refractivity contribution in [2.45, 2.75) is 6.92 Å². The maximum Gasteiger partial charge on any atom is 0.130 e. The molecule has 0 radical (unpaired) electrons. The Hall–Kier alpha value is -1.06. The summed E-state index contributed by atoms with van der Waals surface area (Å²) in [6.45, 7) is 2.01. The van der Waals surface area contributed by atoms with Crippen molar-refractivity contribution in [2.75, 3.05) is 5.32 Å². The van der Waals surface area contributed by atoms with Crippen molar-refractivity contribution in [3.63, 3.8) is 0 Å². The summed E-state index contributed by atoms with van der Waals surface area (Å²) >= 11 is 9.24. The Kier molecular flexibility index (Phi) is 3.46. The van der Waals surface area contributed by atoms with Crippen molar-refractivity contribution >= 4 is 39.0 Å². The predicted molar refractivity (Wildman–Crippen MR) is 71.4 cm³/mol. The average molecular weight is 298 g/mol. The number of nitrogens with one attached hydrogen (secondary N) is 1. The van der Waals surface area contributed by atoms with Gasteiger partial charge in [-0.05, 0) is 58.7 Å². The van der Waals surface area contributed by atoms with Crippen molar-refractivity contribution in [3.05, 3.63) is 51.6 Å². The first kappa shape index (κ1) is 11.4. The molecule has 0 aliphatic heterocycles. The van der Waals surface area contributed by atoms with Gasteiger partial charge < -0.3 is 5.32 Å². The zero-order valence-electron chi connectivity index (χ0n) is 8.67. The highest BCUT2D eigenvalue weighted by atomic mass is 79.9. The van der Waals surface area contributed by atoms with Gasteiger partial charge in [-0.15, -0.1) is 0 Å². The summed E-state index contributed by atoms with van der Waals surface area (Å²) in [5.74, 6) is 0.814. The maximum absolute atomic E-state index is 5.89. The summed E-state index contributed by atoms with van der Waals surface area (Å²) < 4.78 is 0.964. The van der Waals surface area contributed by atoms with E-state index in [4.69, 9.17) is 11.6 Å². The number of rotatable bonds is 2. The quantitative estimate of drug-likeness (QED) is 0.879. The number of nitrogens with zero attached hydrogens (tertiary/aromatic N) is 1. The molecule has 2 rings (SSSR count). The van der Waals surface area contributed by atoms with Crippen molar-refractivity contribution < 1.29 is 0 Å². The van der Waals surface area contributed by atoms with Crippen molar-refractivity contribution in [2.24, 2.45) is 0 Å². The summed E-state index contributed by atoms with van der Waals surface area (Å²) in [5, 5.41) is 3.98. The van der Waals surface area contributed by atoms with Gasteiger partial charge in [0, 0.05) is 21.4 Å². The molecular formula is C12H10BrClN2. The smallest absolute Gasteiger partial charge is 0.130 e. The molecule has 2 aromatic rings. The number of aromatic nitrogens is 1. The van der Waals surface area contributed by atoms with Gasteiger partial charge in [-0.2, -0.15) is 0 Å². The zero-order chi connectivity index (χ0) is 11.5. The Morgan fingerprint density at radius 3 is 2.69 bits per heavy atom. The first-order valence-corrected chi connectivity index (χ1v) is 5.97. The van der Waals surface area contributed by atoms with E-state index in [1.165, 1.54) is 0 Å². The molecule has 0 unspecified atom stereocenters. The van der Waals surface area contributed by atoms with Gasteiger partial charge in [-0.3, -0.25) is 0 Å². The number of hydrogen-bond acceptors (Lipinski definition) is 2. The van der Waals surface area contributed by atoms with Crippen LogP contribution in [0.5, 0.6) is 0 Å². The SMILES string of the molecule is Cc1cc(Cl)ccc1Nc1ccc(Br)cn1. The van der Waals surface area contributed by atoms with Crippen LogP contribution in [0.4, 0.5) is 11.5 Å². The van der Waals surface area contributed by atoms with Crippen LogP contribution >= 0.6 is 27.5 Å². The lowest BCUT2D eigenvalue weighted by molar-refractivity contribution is 1.28. The molecule has 0 aliphatic rings. The molecule has 16 heavy (non-hydrogen) atoms. The van der Waals surface area contributed by atoms with E-state index in [9.17, 15) is 0 Å². The van der Waals surface area contributed by atoms with E-state index < -0.39 is 0 Å². The van der Waals surface area contributed by atoms with Crippen LogP contribution in [0, 0.1) is 6.92 Å². The maximum atomic E-state index is 5.89. The normalized spacial score (nSPS) is 10.2. The lowest BCUT2D eigenvalue weighted by Crippen LogP contribution is -1.94. The largest absolute Gasteiger partial charge is 0.340 e. The molecule has 0 bridgehead atoms. The molecule has 1 aromatic carbocycles. The van der Waals surface area contributed by atoms with Crippen LogP contribution in [0.3, 0.4) is 0 Å². The topological polar surface area (TPSA) is 24.9 Å². The molecule has 0 saturated heterocycles. The highest BCUT2D eigenvalue weighted by molar-refractivity contribution is 9.10. The Balaban J connectivity index is 2.23. The minimum atomic E-state index is 0.742. The van der Waals surface area contributed by atoms with Gasteiger partial charge in [0.1, 0.15) is 5.82 Å². The van der Waals surface area contributed by atoms with Crippen LogP contribution in [0.1, 0.15) is 5.56 Å². The van der Waals surface area contributed by atoms with Gasteiger partial charge in [0.15, 0.2) is 0 Å². The Morgan fingerprint density at radius 1 is 1.25 bits per heavy atom. The first-order valence-electron chi connectivity index (χ1n) is 4.80. The number of benzene rings is 1. The van der Waals surface area contributed by atoms with Crippen LogP contribution < -0.4 is 5.32 Å². The lowest BCUT2D eigenvalue weighted by Gasteiger charge is -2.08. The minimum absolute atomic E-state index is 0.742. The second-order valence-electron chi connectivity index (χ2n) is 3.45. The second-order valence-corrected chi connectivity index (χ2v) is 4.80. The van der Waals surface area contributed by atoms with Crippen molar-refractivity contribution in [1.82, 2.24) is 4.98 Å². The Labute approximate surface area is 108 Å². The van der Waals surface area contributed by atoms with Crippen LogP contribution in [0.2, 0.25) is 5.02 Å². The number of halogens is 2. The molecule has 0 aliphatic carbocycles. The van der Waals surface area contributed by atoms with E-state index in [1.54, 1.807) is 6.20 Å². The molecule has 4 heteroatoms. The average Bonchev–Trinajstić information content (AvgIpc) is 2.25. The molecular weight excluding hydrogens is 288 g/mol. The molecule has 1 heterocycles. The fourth-order valence-corrected chi connectivity index (χ4v) is 1.82. The van der Waals surface area contributed by atoms with E-state index in [1.807, 2.05) is 37.3 Å². The van der Waals surface area contributed by atoms with Crippen LogP contribution in [-0.4, -0.2) is 4.98 Å². The molecule has 2 nitrogen and oxygen atoms in total. The van der Waals surface area contributed by atoms with Gasteiger partial charge in [0.2, 0.25) is 0 Å². The van der Waals surface area contributed by atoms with E-state index in [-0.39, 0.29) is 0 Å². The van der Waals surface area contributed by atoms with Crippen molar-refractivity contribution in [1.29, 1.82) is 0 Å².